The summed E-state index contributed by atoms with van der Waals surface area (Å²) in [7, 11) is 1.49. The molecule has 0 aliphatic heterocycles. The van der Waals surface area contributed by atoms with Crippen molar-refractivity contribution in [1.29, 1.82) is 0 Å². The molecule has 0 spiro atoms. The van der Waals surface area contributed by atoms with Crippen LogP contribution >= 0.6 is 15.9 Å². The van der Waals surface area contributed by atoms with E-state index in [0.717, 1.165) is 12.3 Å². The van der Waals surface area contributed by atoms with Gasteiger partial charge in [-0.15, -0.1) is 0 Å². The van der Waals surface area contributed by atoms with Gasteiger partial charge in [0.2, 0.25) is 0 Å². The summed E-state index contributed by atoms with van der Waals surface area (Å²) >= 11 is 3.24. The highest BCUT2D eigenvalue weighted by Gasteiger charge is 2.32. The van der Waals surface area contributed by atoms with Crippen LogP contribution in [0.15, 0.2) is 52.0 Å². The number of carbonyl (C=O) groups is 1. The van der Waals surface area contributed by atoms with Gasteiger partial charge in [-0.3, -0.25) is 4.79 Å². The fourth-order valence-corrected chi connectivity index (χ4v) is 2.44. The monoisotopic (exact) mass is 400 g/mol. The van der Waals surface area contributed by atoms with Crippen molar-refractivity contribution < 1.29 is 22.7 Å². The van der Waals surface area contributed by atoms with Crippen LogP contribution in [0.5, 0.6) is 5.75 Å². The SMILES string of the molecule is COc1ccc(C(=O)NN=Cc2ccccc2C(F)(F)F)cc1Br. The Morgan fingerprint density at radius 3 is 2.58 bits per heavy atom. The Bertz CT molecular complexity index is 776. The molecule has 0 saturated heterocycles. The number of carbonyl (C=O) groups excluding carboxylic acids is 1. The summed E-state index contributed by atoms with van der Waals surface area (Å²) in [6.45, 7) is 0. The summed E-state index contributed by atoms with van der Waals surface area (Å²) in [4.78, 5) is 12.0. The van der Waals surface area contributed by atoms with E-state index < -0.39 is 17.6 Å². The van der Waals surface area contributed by atoms with Gasteiger partial charge in [-0.25, -0.2) is 5.43 Å². The fraction of sp³-hybridized carbons (Fsp3) is 0.125. The lowest BCUT2D eigenvalue weighted by atomic mass is 10.1. The van der Waals surface area contributed by atoms with Crippen molar-refractivity contribution in [2.45, 2.75) is 6.18 Å². The van der Waals surface area contributed by atoms with Crippen LogP contribution in [0.2, 0.25) is 0 Å². The summed E-state index contributed by atoms with van der Waals surface area (Å²) in [5.41, 5.74) is 1.51. The van der Waals surface area contributed by atoms with E-state index in [4.69, 9.17) is 4.74 Å². The lowest BCUT2D eigenvalue weighted by molar-refractivity contribution is -0.137. The van der Waals surface area contributed by atoms with Crippen LogP contribution in [0.1, 0.15) is 21.5 Å². The molecule has 4 nitrogen and oxygen atoms in total. The van der Waals surface area contributed by atoms with E-state index in [0.29, 0.717) is 10.2 Å². The molecule has 1 N–H and O–H groups in total. The number of hydrazone groups is 1. The van der Waals surface area contributed by atoms with E-state index in [1.807, 2.05) is 0 Å². The van der Waals surface area contributed by atoms with Crippen molar-refractivity contribution in [1.82, 2.24) is 5.43 Å². The maximum atomic E-state index is 12.8. The van der Waals surface area contributed by atoms with Gasteiger partial charge in [0.05, 0.1) is 23.4 Å². The topological polar surface area (TPSA) is 50.7 Å². The second kappa shape index (κ2) is 7.48. The van der Waals surface area contributed by atoms with Gasteiger partial charge in [-0.05, 0) is 40.2 Å². The Balaban J connectivity index is 2.12. The Morgan fingerprint density at radius 1 is 1.25 bits per heavy atom. The molecule has 2 rings (SSSR count). The molecule has 0 aromatic heterocycles. The average Bonchev–Trinajstić information content (AvgIpc) is 2.54. The molecule has 0 fully saturated rings. The number of nitrogens with one attached hydrogen (secondary N) is 1. The predicted molar refractivity (Wildman–Crippen MR) is 87.2 cm³/mol. The molecule has 0 atom stereocenters. The quantitative estimate of drug-likeness (QED) is 0.616. The first-order valence-electron chi connectivity index (χ1n) is 6.66. The molecular weight excluding hydrogens is 389 g/mol. The van der Waals surface area contributed by atoms with E-state index in [2.05, 4.69) is 26.5 Å². The molecule has 2 aromatic carbocycles. The third-order valence-corrected chi connectivity index (χ3v) is 3.67. The summed E-state index contributed by atoms with van der Waals surface area (Å²) in [5, 5.41) is 3.59. The van der Waals surface area contributed by atoms with Gasteiger partial charge < -0.3 is 4.74 Å². The molecule has 24 heavy (non-hydrogen) atoms. The molecule has 2 aromatic rings. The van der Waals surface area contributed by atoms with Crippen molar-refractivity contribution in [2.75, 3.05) is 7.11 Å². The molecule has 126 valence electrons. The van der Waals surface area contributed by atoms with Crippen molar-refractivity contribution in [2.24, 2.45) is 5.10 Å². The molecule has 1 amide bonds. The van der Waals surface area contributed by atoms with Crippen LogP contribution in [0.25, 0.3) is 0 Å². The van der Waals surface area contributed by atoms with Gasteiger partial charge in [0.1, 0.15) is 5.75 Å². The molecule has 0 bridgehead atoms. The first-order chi connectivity index (χ1) is 11.3. The molecular formula is C16H12BrF3N2O2. The number of methoxy groups -OCH3 is 1. The number of ether oxygens (including phenoxy) is 1. The molecule has 0 aliphatic rings. The highest BCUT2D eigenvalue weighted by atomic mass is 79.9. The second-order valence-electron chi connectivity index (χ2n) is 4.63. The highest BCUT2D eigenvalue weighted by molar-refractivity contribution is 9.10. The van der Waals surface area contributed by atoms with E-state index >= 15 is 0 Å². The minimum absolute atomic E-state index is 0.138. The molecule has 0 unspecified atom stereocenters. The second-order valence-corrected chi connectivity index (χ2v) is 5.49. The maximum Gasteiger partial charge on any atom is 0.417 e. The van der Waals surface area contributed by atoms with Gasteiger partial charge in [0.15, 0.2) is 0 Å². The Kier molecular flexibility index (Phi) is 5.61. The van der Waals surface area contributed by atoms with Crippen LogP contribution in [-0.4, -0.2) is 19.2 Å². The van der Waals surface area contributed by atoms with Crippen molar-refractivity contribution in [3.8, 4) is 5.75 Å². The first kappa shape index (κ1) is 18.0. The van der Waals surface area contributed by atoms with Gasteiger partial charge in [-0.1, -0.05) is 18.2 Å². The number of hydrogen-bond donors (Lipinski definition) is 1. The number of amides is 1. The van der Waals surface area contributed by atoms with E-state index in [9.17, 15) is 18.0 Å². The average molecular weight is 401 g/mol. The normalized spacial score (nSPS) is 11.5. The third kappa shape index (κ3) is 4.35. The number of halogens is 4. The van der Waals surface area contributed by atoms with Crippen LogP contribution < -0.4 is 10.2 Å². The molecule has 8 heteroatoms. The summed E-state index contributed by atoms with van der Waals surface area (Å²) in [6, 6.07) is 9.58. The van der Waals surface area contributed by atoms with Crippen molar-refractivity contribution in [3.05, 3.63) is 63.6 Å². The van der Waals surface area contributed by atoms with Gasteiger partial charge >= 0.3 is 6.18 Å². The Morgan fingerprint density at radius 2 is 1.96 bits per heavy atom. The van der Waals surface area contributed by atoms with E-state index in [-0.39, 0.29) is 11.1 Å². The molecule has 0 radical (unpaired) electrons. The minimum Gasteiger partial charge on any atom is -0.496 e. The number of rotatable bonds is 4. The minimum atomic E-state index is -4.49. The van der Waals surface area contributed by atoms with Crippen LogP contribution in [0, 0.1) is 0 Å². The predicted octanol–water partition coefficient (Wildman–Crippen LogP) is 4.24. The third-order valence-electron chi connectivity index (χ3n) is 3.05. The molecule has 0 saturated carbocycles. The van der Waals surface area contributed by atoms with Crippen molar-refractivity contribution >= 4 is 28.1 Å². The van der Waals surface area contributed by atoms with Gasteiger partial charge in [0.25, 0.3) is 5.91 Å². The van der Waals surface area contributed by atoms with E-state index in [1.54, 1.807) is 6.07 Å². The fourth-order valence-electron chi connectivity index (χ4n) is 1.90. The highest BCUT2D eigenvalue weighted by Crippen LogP contribution is 2.31. The molecule has 0 heterocycles. The van der Waals surface area contributed by atoms with Crippen LogP contribution in [0.3, 0.4) is 0 Å². The zero-order valence-electron chi connectivity index (χ0n) is 12.4. The van der Waals surface area contributed by atoms with Crippen molar-refractivity contribution in [3.63, 3.8) is 0 Å². The molecule has 0 aliphatic carbocycles. The van der Waals surface area contributed by atoms with Gasteiger partial charge in [-0.2, -0.15) is 18.3 Å². The standard InChI is InChI=1S/C16H12BrF3N2O2/c1-24-14-7-6-10(8-13(14)17)15(23)22-21-9-11-4-2-3-5-12(11)16(18,19)20/h2-9H,1H3,(H,22,23). The van der Waals surface area contributed by atoms with Crippen LogP contribution in [0.4, 0.5) is 13.2 Å². The number of nitrogens with zero attached hydrogens (tertiary/aromatic N) is 1. The van der Waals surface area contributed by atoms with Gasteiger partial charge in [0, 0.05) is 11.1 Å². The maximum absolute atomic E-state index is 12.8. The van der Waals surface area contributed by atoms with E-state index in [1.165, 1.54) is 37.4 Å². The lowest BCUT2D eigenvalue weighted by Gasteiger charge is -2.09. The Hall–Kier alpha value is -2.35. The smallest absolute Gasteiger partial charge is 0.417 e. The summed E-state index contributed by atoms with van der Waals surface area (Å²) in [5.74, 6) is -0.00625. The largest absolute Gasteiger partial charge is 0.496 e. The summed E-state index contributed by atoms with van der Waals surface area (Å²) < 4.78 is 44.2. The first-order valence-corrected chi connectivity index (χ1v) is 7.45. The number of hydrogen-bond acceptors (Lipinski definition) is 3. The summed E-state index contributed by atoms with van der Waals surface area (Å²) in [6.07, 6.45) is -3.53. The Labute approximate surface area is 144 Å². The zero-order valence-corrected chi connectivity index (χ0v) is 14.0. The lowest BCUT2D eigenvalue weighted by Crippen LogP contribution is -2.18. The van der Waals surface area contributed by atoms with Crippen LogP contribution in [-0.2, 0) is 6.18 Å². The number of benzene rings is 2. The zero-order chi connectivity index (χ0) is 17.7. The number of alkyl halides is 3.